The minimum atomic E-state index is -2.76. The summed E-state index contributed by atoms with van der Waals surface area (Å²) in [5, 5.41) is 3.17. The molecule has 0 unspecified atom stereocenters. The largest absolute Gasteiger partial charge is 0.494 e. The number of hydrogen-bond donors (Lipinski definition) is 2. The first kappa shape index (κ1) is 24.7. The Morgan fingerprint density at radius 1 is 1.16 bits per heavy atom. The number of benzene rings is 1. The molecule has 1 aliphatic rings. The Morgan fingerprint density at radius 3 is 2.49 bits per heavy atom. The third-order valence-electron chi connectivity index (χ3n) is 5.82. The number of hydrogen-bond acceptors (Lipinski definition) is 7. The molecule has 3 N–H and O–H groups in total. The van der Waals surface area contributed by atoms with Crippen LogP contribution in [0.4, 0.5) is 14.5 Å². The van der Waals surface area contributed by atoms with Gasteiger partial charge in [-0.1, -0.05) is 0 Å². The second-order valence-electron chi connectivity index (χ2n) is 8.48. The summed E-state index contributed by atoms with van der Waals surface area (Å²) in [6, 6.07) is 11.5. The molecule has 4 aromatic rings. The Kier molecular flexibility index (Phi) is 6.79. The molecule has 3 heterocycles. The molecule has 1 fully saturated rings. The number of fused-ring (bicyclic) bond motifs is 1. The Labute approximate surface area is 214 Å². The standard InChI is InChI=1S/C26H23F2N3O5S/c1-2-34-14-5-7-15(8-6-14)35-12-16-9-10-19(36-16)25(33)31-21-20-17(13-3-4-13)11-18(23(27)28)30-26(20)37-22(21)24(29)32/h5-11,13,23H,2-4,12H2,1H3,(H2,29,32)(H,31,33). The number of halogens is 2. The summed E-state index contributed by atoms with van der Waals surface area (Å²) in [5.41, 5.74) is 5.98. The number of amides is 2. The predicted octanol–water partition coefficient (Wildman–Crippen LogP) is 6.03. The summed E-state index contributed by atoms with van der Waals surface area (Å²) < 4.78 is 43.6. The molecular weight excluding hydrogens is 504 g/mol. The van der Waals surface area contributed by atoms with Crippen LogP contribution < -0.4 is 20.5 Å². The lowest BCUT2D eigenvalue weighted by molar-refractivity contribution is 0.0992. The van der Waals surface area contributed by atoms with Gasteiger partial charge < -0.3 is 24.9 Å². The maximum absolute atomic E-state index is 13.4. The minimum absolute atomic E-state index is 0.00908. The number of carbonyl (C=O) groups is 2. The van der Waals surface area contributed by atoms with E-state index < -0.39 is 18.2 Å². The Bertz CT molecular complexity index is 1460. The van der Waals surface area contributed by atoms with E-state index in [0.717, 1.165) is 29.9 Å². The fourth-order valence-corrected chi connectivity index (χ4v) is 5.00. The van der Waals surface area contributed by atoms with Gasteiger partial charge in [-0.05, 0) is 73.7 Å². The van der Waals surface area contributed by atoms with E-state index in [0.29, 0.717) is 29.1 Å². The summed E-state index contributed by atoms with van der Waals surface area (Å²) >= 11 is 0.882. The van der Waals surface area contributed by atoms with Crippen molar-refractivity contribution in [3.05, 3.63) is 70.1 Å². The highest BCUT2D eigenvalue weighted by atomic mass is 32.1. The number of carbonyl (C=O) groups excluding carboxylic acids is 2. The van der Waals surface area contributed by atoms with E-state index in [-0.39, 0.29) is 39.4 Å². The summed E-state index contributed by atoms with van der Waals surface area (Å²) in [6.45, 7) is 2.55. The molecule has 8 nitrogen and oxygen atoms in total. The lowest BCUT2D eigenvalue weighted by atomic mass is 10.0. The van der Waals surface area contributed by atoms with E-state index in [9.17, 15) is 18.4 Å². The second kappa shape index (κ2) is 10.2. The van der Waals surface area contributed by atoms with Gasteiger partial charge in [0.15, 0.2) is 5.76 Å². The summed E-state index contributed by atoms with van der Waals surface area (Å²) in [6.07, 6.45) is -1.11. The number of nitrogens with zero attached hydrogens (tertiary/aromatic N) is 1. The molecule has 0 spiro atoms. The van der Waals surface area contributed by atoms with Crippen molar-refractivity contribution in [2.75, 3.05) is 11.9 Å². The fourth-order valence-electron chi connectivity index (χ4n) is 3.97. The zero-order chi connectivity index (χ0) is 26.1. The number of rotatable bonds is 10. The first-order valence-corrected chi connectivity index (χ1v) is 12.5. The van der Waals surface area contributed by atoms with Crippen LogP contribution in [0.25, 0.3) is 10.2 Å². The van der Waals surface area contributed by atoms with Gasteiger partial charge in [-0.15, -0.1) is 11.3 Å². The van der Waals surface area contributed by atoms with E-state index in [1.807, 2.05) is 6.92 Å². The Hall–Kier alpha value is -3.99. The SMILES string of the molecule is CCOc1ccc(OCc2ccc(C(=O)Nc3c(C(N)=O)sc4nc(C(F)F)cc(C5CC5)c34)o2)cc1. The van der Waals surface area contributed by atoms with Crippen LogP contribution in [0.1, 0.15) is 69.4 Å². The number of pyridine rings is 1. The van der Waals surface area contributed by atoms with Crippen molar-refractivity contribution in [1.29, 1.82) is 0 Å². The second-order valence-corrected chi connectivity index (χ2v) is 9.47. The van der Waals surface area contributed by atoms with Crippen molar-refractivity contribution in [1.82, 2.24) is 4.98 Å². The molecule has 0 saturated heterocycles. The lowest BCUT2D eigenvalue weighted by Gasteiger charge is -2.09. The normalized spacial score (nSPS) is 13.2. The molecule has 0 radical (unpaired) electrons. The van der Waals surface area contributed by atoms with Crippen molar-refractivity contribution < 1.29 is 32.3 Å². The van der Waals surface area contributed by atoms with Crippen LogP contribution in [0, 0.1) is 0 Å². The van der Waals surface area contributed by atoms with Gasteiger partial charge in [0.1, 0.15) is 39.3 Å². The first-order valence-electron chi connectivity index (χ1n) is 11.6. The molecule has 1 aliphatic carbocycles. The maximum Gasteiger partial charge on any atom is 0.291 e. The van der Waals surface area contributed by atoms with Gasteiger partial charge in [0, 0.05) is 5.39 Å². The molecule has 2 amide bonds. The number of aromatic nitrogens is 1. The zero-order valence-electron chi connectivity index (χ0n) is 19.8. The van der Waals surface area contributed by atoms with Gasteiger partial charge >= 0.3 is 0 Å². The van der Waals surface area contributed by atoms with Crippen LogP contribution in [0.5, 0.6) is 11.5 Å². The van der Waals surface area contributed by atoms with Gasteiger partial charge in [0.05, 0.1) is 12.3 Å². The molecule has 0 atom stereocenters. The maximum atomic E-state index is 13.4. The van der Waals surface area contributed by atoms with Gasteiger partial charge in [0.2, 0.25) is 0 Å². The third-order valence-corrected chi connectivity index (χ3v) is 6.91. The van der Waals surface area contributed by atoms with E-state index in [4.69, 9.17) is 19.6 Å². The van der Waals surface area contributed by atoms with Crippen LogP contribution in [0.15, 0.2) is 46.9 Å². The molecule has 3 aromatic heterocycles. The van der Waals surface area contributed by atoms with Crippen LogP contribution in [-0.4, -0.2) is 23.4 Å². The molecule has 192 valence electrons. The minimum Gasteiger partial charge on any atom is -0.494 e. The number of alkyl halides is 2. The number of nitrogens with two attached hydrogens (primary N) is 1. The average Bonchev–Trinajstić information content (AvgIpc) is 3.50. The monoisotopic (exact) mass is 527 g/mol. The van der Waals surface area contributed by atoms with Gasteiger partial charge in [-0.2, -0.15) is 0 Å². The van der Waals surface area contributed by atoms with Crippen molar-refractivity contribution >= 4 is 39.1 Å². The van der Waals surface area contributed by atoms with Crippen LogP contribution in [0.2, 0.25) is 0 Å². The van der Waals surface area contributed by atoms with Crippen molar-refractivity contribution in [2.24, 2.45) is 5.73 Å². The zero-order valence-corrected chi connectivity index (χ0v) is 20.6. The summed E-state index contributed by atoms with van der Waals surface area (Å²) in [4.78, 5) is 29.5. The fraction of sp³-hybridized carbons (Fsp3) is 0.269. The van der Waals surface area contributed by atoms with Gasteiger partial charge in [0.25, 0.3) is 18.2 Å². The molecule has 5 rings (SSSR count). The smallest absolute Gasteiger partial charge is 0.291 e. The lowest BCUT2D eigenvalue weighted by Crippen LogP contribution is -2.16. The topological polar surface area (TPSA) is 117 Å². The molecular formula is C26H23F2N3O5S. The number of nitrogens with one attached hydrogen (secondary N) is 1. The van der Waals surface area contributed by atoms with Crippen molar-refractivity contribution in [3.63, 3.8) is 0 Å². The molecule has 0 bridgehead atoms. The molecule has 37 heavy (non-hydrogen) atoms. The van der Waals surface area contributed by atoms with E-state index in [2.05, 4.69) is 10.3 Å². The molecule has 0 aliphatic heterocycles. The van der Waals surface area contributed by atoms with Gasteiger partial charge in [-0.25, -0.2) is 13.8 Å². The number of thiophene rings is 1. The number of anilines is 1. The number of ether oxygens (including phenoxy) is 2. The van der Waals surface area contributed by atoms with E-state index in [1.54, 1.807) is 30.3 Å². The average molecular weight is 528 g/mol. The summed E-state index contributed by atoms with van der Waals surface area (Å²) in [7, 11) is 0. The van der Waals surface area contributed by atoms with Crippen molar-refractivity contribution in [3.8, 4) is 11.5 Å². The quantitative estimate of drug-likeness (QED) is 0.260. The summed E-state index contributed by atoms with van der Waals surface area (Å²) in [5.74, 6) is 0.385. The molecule has 1 aromatic carbocycles. The molecule has 1 saturated carbocycles. The number of primary amides is 1. The predicted molar refractivity (Wildman–Crippen MR) is 134 cm³/mol. The Morgan fingerprint density at radius 2 is 1.86 bits per heavy atom. The number of furan rings is 1. The van der Waals surface area contributed by atoms with Crippen LogP contribution in [0.3, 0.4) is 0 Å². The van der Waals surface area contributed by atoms with E-state index >= 15 is 0 Å². The van der Waals surface area contributed by atoms with Gasteiger partial charge in [-0.3, -0.25) is 9.59 Å². The Balaban J connectivity index is 1.37. The highest BCUT2D eigenvalue weighted by Crippen LogP contribution is 2.48. The first-order chi connectivity index (χ1) is 17.8. The van der Waals surface area contributed by atoms with Crippen LogP contribution >= 0.6 is 11.3 Å². The highest BCUT2D eigenvalue weighted by molar-refractivity contribution is 7.21. The van der Waals surface area contributed by atoms with Crippen LogP contribution in [-0.2, 0) is 6.61 Å². The highest BCUT2D eigenvalue weighted by Gasteiger charge is 2.32. The van der Waals surface area contributed by atoms with Crippen molar-refractivity contribution in [2.45, 2.75) is 38.7 Å². The van der Waals surface area contributed by atoms with E-state index in [1.165, 1.54) is 12.1 Å². The molecule has 11 heteroatoms. The third kappa shape index (κ3) is 5.26.